The van der Waals surface area contributed by atoms with E-state index in [4.69, 9.17) is 11.6 Å². The summed E-state index contributed by atoms with van der Waals surface area (Å²) >= 11 is 5.80. The molecule has 0 fully saturated rings. The van der Waals surface area contributed by atoms with Crippen molar-refractivity contribution >= 4 is 11.6 Å². The van der Waals surface area contributed by atoms with Crippen LogP contribution in [-0.4, -0.2) is 12.0 Å². The molecule has 0 radical (unpaired) electrons. The summed E-state index contributed by atoms with van der Waals surface area (Å²) < 4.78 is 13.9. The minimum Gasteiger partial charge on any atom is -0.311 e. The highest BCUT2D eigenvalue weighted by molar-refractivity contribution is 6.30. The van der Waals surface area contributed by atoms with Crippen LogP contribution < -0.4 is 5.32 Å². The molecule has 0 spiro atoms. The van der Waals surface area contributed by atoms with Gasteiger partial charge in [-0.3, -0.25) is 4.98 Å². The van der Waals surface area contributed by atoms with Crippen LogP contribution in [0, 0.1) is 12.7 Å². The van der Waals surface area contributed by atoms with Crippen LogP contribution in [0.2, 0.25) is 5.02 Å². The van der Waals surface area contributed by atoms with Gasteiger partial charge in [-0.2, -0.15) is 0 Å². The molecule has 0 aliphatic heterocycles. The molecular weight excluding hydrogens is 263 g/mol. The van der Waals surface area contributed by atoms with Crippen molar-refractivity contribution in [2.45, 2.75) is 19.4 Å². The summed E-state index contributed by atoms with van der Waals surface area (Å²) in [6.45, 7) is 2.01. The van der Waals surface area contributed by atoms with E-state index in [1.54, 1.807) is 24.4 Å². The van der Waals surface area contributed by atoms with Gasteiger partial charge in [0.2, 0.25) is 0 Å². The molecule has 1 aromatic heterocycles. The second-order valence-corrected chi connectivity index (χ2v) is 4.92. The maximum absolute atomic E-state index is 13.9. The van der Waals surface area contributed by atoms with Gasteiger partial charge in [-0.25, -0.2) is 4.39 Å². The van der Waals surface area contributed by atoms with Crippen LogP contribution in [0.25, 0.3) is 0 Å². The second kappa shape index (κ2) is 6.13. The molecular formula is C15H16ClFN2. The Morgan fingerprint density at radius 3 is 2.84 bits per heavy atom. The molecule has 2 aromatic rings. The van der Waals surface area contributed by atoms with Crippen molar-refractivity contribution in [2.24, 2.45) is 0 Å². The largest absolute Gasteiger partial charge is 0.311 e. The molecule has 100 valence electrons. The number of halogens is 2. The minimum absolute atomic E-state index is 0.0344. The summed E-state index contributed by atoms with van der Waals surface area (Å²) in [5.41, 5.74) is 2.63. The third kappa shape index (κ3) is 3.31. The quantitative estimate of drug-likeness (QED) is 0.923. The van der Waals surface area contributed by atoms with Gasteiger partial charge in [0.1, 0.15) is 5.82 Å². The van der Waals surface area contributed by atoms with Gasteiger partial charge in [0.25, 0.3) is 0 Å². The lowest BCUT2D eigenvalue weighted by Gasteiger charge is -2.16. The molecule has 0 saturated heterocycles. The summed E-state index contributed by atoms with van der Waals surface area (Å²) in [6.07, 6.45) is 2.28. The molecule has 0 amide bonds. The van der Waals surface area contributed by atoms with E-state index in [2.05, 4.69) is 10.3 Å². The zero-order valence-corrected chi connectivity index (χ0v) is 11.7. The molecule has 1 N–H and O–H groups in total. The number of aryl methyl sites for hydroxylation is 1. The number of likely N-dealkylation sites (N-methyl/N-ethyl adjacent to an activating group) is 1. The fourth-order valence-electron chi connectivity index (χ4n) is 2.03. The Hall–Kier alpha value is -1.45. The van der Waals surface area contributed by atoms with E-state index in [0.29, 0.717) is 12.0 Å². The van der Waals surface area contributed by atoms with Gasteiger partial charge < -0.3 is 5.32 Å². The molecule has 0 saturated carbocycles. The van der Waals surface area contributed by atoms with Crippen LogP contribution in [0.15, 0.2) is 36.5 Å². The standard InChI is InChI=1S/C15H16ClFN2/c1-10-6-7-19-14(8-10)13(18-2)9-11-4-3-5-12(16)15(11)17/h3-8,13,18H,9H2,1-2H3. The van der Waals surface area contributed by atoms with Crippen LogP contribution in [0.5, 0.6) is 0 Å². The highest BCUT2D eigenvalue weighted by Crippen LogP contribution is 2.23. The monoisotopic (exact) mass is 278 g/mol. The van der Waals surface area contributed by atoms with Crippen molar-refractivity contribution in [3.63, 3.8) is 0 Å². The Bertz CT molecular complexity index is 572. The van der Waals surface area contributed by atoms with Crippen molar-refractivity contribution in [3.05, 3.63) is 64.2 Å². The van der Waals surface area contributed by atoms with E-state index in [1.807, 2.05) is 26.1 Å². The normalized spacial score (nSPS) is 12.4. The number of nitrogens with one attached hydrogen (secondary N) is 1. The number of nitrogens with zero attached hydrogens (tertiary/aromatic N) is 1. The van der Waals surface area contributed by atoms with E-state index in [0.717, 1.165) is 11.3 Å². The number of benzene rings is 1. The highest BCUT2D eigenvalue weighted by atomic mass is 35.5. The molecule has 0 aliphatic carbocycles. The Morgan fingerprint density at radius 1 is 1.37 bits per heavy atom. The third-order valence-corrected chi connectivity index (χ3v) is 3.39. The zero-order valence-electron chi connectivity index (χ0n) is 11.0. The van der Waals surface area contributed by atoms with E-state index < -0.39 is 0 Å². The lowest BCUT2D eigenvalue weighted by Crippen LogP contribution is -2.20. The first-order valence-corrected chi connectivity index (χ1v) is 6.52. The van der Waals surface area contributed by atoms with E-state index in [1.165, 1.54) is 0 Å². The SMILES string of the molecule is CNC(Cc1cccc(Cl)c1F)c1cc(C)ccn1. The first kappa shape index (κ1) is 14.0. The number of rotatable bonds is 4. The molecule has 19 heavy (non-hydrogen) atoms. The molecule has 4 heteroatoms. The van der Waals surface area contributed by atoms with Gasteiger partial charge in [0.15, 0.2) is 0 Å². The molecule has 1 heterocycles. The topological polar surface area (TPSA) is 24.9 Å². The van der Waals surface area contributed by atoms with Gasteiger partial charge in [0.05, 0.1) is 16.8 Å². The maximum atomic E-state index is 13.9. The van der Waals surface area contributed by atoms with Crippen LogP contribution in [0.1, 0.15) is 22.9 Å². The van der Waals surface area contributed by atoms with E-state index >= 15 is 0 Å². The maximum Gasteiger partial charge on any atom is 0.145 e. The van der Waals surface area contributed by atoms with Gasteiger partial charge in [-0.05, 0) is 49.7 Å². The third-order valence-electron chi connectivity index (χ3n) is 3.10. The Morgan fingerprint density at radius 2 is 2.16 bits per heavy atom. The summed E-state index contributed by atoms with van der Waals surface area (Å²) in [4.78, 5) is 4.34. The second-order valence-electron chi connectivity index (χ2n) is 4.52. The van der Waals surface area contributed by atoms with Crippen LogP contribution >= 0.6 is 11.6 Å². The molecule has 2 rings (SSSR count). The van der Waals surface area contributed by atoms with Crippen molar-refractivity contribution in [1.82, 2.24) is 10.3 Å². The first-order valence-electron chi connectivity index (χ1n) is 6.14. The van der Waals surface area contributed by atoms with Gasteiger partial charge in [-0.1, -0.05) is 23.7 Å². The van der Waals surface area contributed by atoms with Crippen molar-refractivity contribution in [3.8, 4) is 0 Å². The number of pyridine rings is 1. The summed E-state index contributed by atoms with van der Waals surface area (Å²) in [5.74, 6) is -0.350. The summed E-state index contributed by atoms with van der Waals surface area (Å²) in [7, 11) is 1.84. The van der Waals surface area contributed by atoms with E-state index in [9.17, 15) is 4.39 Å². The van der Waals surface area contributed by atoms with Crippen LogP contribution in [0.3, 0.4) is 0 Å². The average Bonchev–Trinajstić information content (AvgIpc) is 2.40. The van der Waals surface area contributed by atoms with Gasteiger partial charge in [-0.15, -0.1) is 0 Å². The van der Waals surface area contributed by atoms with Crippen LogP contribution in [-0.2, 0) is 6.42 Å². The van der Waals surface area contributed by atoms with Crippen molar-refractivity contribution in [1.29, 1.82) is 0 Å². The number of hydrogen-bond acceptors (Lipinski definition) is 2. The Balaban J connectivity index is 2.26. The summed E-state index contributed by atoms with van der Waals surface area (Å²) in [6, 6.07) is 8.98. The lowest BCUT2D eigenvalue weighted by atomic mass is 10.0. The van der Waals surface area contributed by atoms with Gasteiger partial charge in [0, 0.05) is 6.20 Å². The smallest absolute Gasteiger partial charge is 0.145 e. The lowest BCUT2D eigenvalue weighted by molar-refractivity contribution is 0.545. The highest BCUT2D eigenvalue weighted by Gasteiger charge is 2.15. The van der Waals surface area contributed by atoms with Gasteiger partial charge >= 0.3 is 0 Å². The van der Waals surface area contributed by atoms with Crippen molar-refractivity contribution in [2.75, 3.05) is 7.05 Å². The predicted molar refractivity (Wildman–Crippen MR) is 75.9 cm³/mol. The van der Waals surface area contributed by atoms with Crippen LogP contribution in [0.4, 0.5) is 4.39 Å². The summed E-state index contributed by atoms with van der Waals surface area (Å²) in [5, 5.41) is 3.33. The predicted octanol–water partition coefficient (Wildman–Crippen LogP) is 3.69. The minimum atomic E-state index is -0.350. The van der Waals surface area contributed by atoms with E-state index in [-0.39, 0.29) is 16.9 Å². The molecule has 1 atom stereocenters. The number of hydrogen-bond donors (Lipinski definition) is 1. The number of aromatic nitrogens is 1. The molecule has 0 bridgehead atoms. The Kier molecular flexibility index (Phi) is 4.51. The van der Waals surface area contributed by atoms with Crippen molar-refractivity contribution < 1.29 is 4.39 Å². The molecule has 1 aromatic carbocycles. The fourth-order valence-corrected chi connectivity index (χ4v) is 2.22. The molecule has 2 nitrogen and oxygen atoms in total. The Labute approximate surface area is 117 Å². The fraction of sp³-hybridized carbons (Fsp3) is 0.267. The first-order chi connectivity index (χ1) is 9.11. The molecule has 0 aliphatic rings. The zero-order chi connectivity index (χ0) is 13.8. The molecule has 1 unspecified atom stereocenters. The average molecular weight is 279 g/mol.